The molecule has 5 heteroatoms. The molecule has 7 atom stereocenters. The Balaban J connectivity index is 1.46. The van der Waals surface area contributed by atoms with E-state index in [1.807, 2.05) is 24.1 Å². The topological polar surface area (TPSA) is 73.9 Å². The standard InChI is InChI=1S/C25H33NO4/c1-24-11-9-22(28)26(3)21(24)7-6-18-19(24)8-10-25(2)20(18)13-15(23(25)29)12-16-4-5-17(14-27)30-16/h4-5,9,11-12,18-21,23,27,29H,6-8,10,13-14H2,1-3H3/b15-12+/t18-,19+,20+,21-,23+,24-,25+/m1/s1. The highest BCUT2D eigenvalue weighted by atomic mass is 16.4. The van der Waals surface area contributed by atoms with Crippen LogP contribution < -0.4 is 0 Å². The van der Waals surface area contributed by atoms with E-state index in [-0.39, 0.29) is 29.4 Å². The predicted octanol–water partition coefficient (Wildman–Crippen LogP) is 3.77. The minimum Gasteiger partial charge on any atom is -0.459 e. The minimum atomic E-state index is -0.456. The lowest BCUT2D eigenvalue weighted by Crippen LogP contribution is -2.59. The molecule has 0 unspecified atom stereocenters. The van der Waals surface area contributed by atoms with Crippen LogP contribution in [0, 0.1) is 28.6 Å². The van der Waals surface area contributed by atoms with Crippen LogP contribution in [0.25, 0.3) is 6.08 Å². The molecule has 3 fully saturated rings. The predicted molar refractivity (Wildman–Crippen MR) is 114 cm³/mol. The lowest BCUT2D eigenvalue weighted by atomic mass is 9.48. The number of aliphatic hydroxyl groups is 2. The van der Waals surface area contributed by atoms with Crippen molar-refractivity contribution in [2.75, 3.05) is 7.05 Å². The SMILES string of the molecule is CN1C(=O)C=C[C@]2(C)[C@H]3CC[C@]4(C)[C@@H](O)/C(=C/c5ccc(CO)o5)C[C@H]4[C@@H]3CC[C@@H]12. The zero-order valence-corrected chi connectivity index (χ0v) is 18.2. The summed E-state index contributed by atoms with van der Waals surface area (Å²) in [5, 5.41) is 20.6. The smallest absolute Gasteiger partial charge is 0.246 e. The molecule has 3 saturated carbocycles. The number of nitrogens with zero attached hydrogens (tertiary/aromatic N) is 1. The van der Waals surface area contributed by atoms with Crippen molar-refractivity contribution in [1.29, 1.82) is 0 Å². The summed E-state index contributed by atoms with van der Waals surface area (Å²) in [5.41, 5.74) is 0.963. The quantitative estimate of drug-likeness (QED) is 0.777. The third-order valence-electron chi connectivity index (χ3n) is 9.16. The molecular weight excluding hydrogens is 378 g/mol. The van der Waals surface area contributed by atoms with Gasteiger partial charge >= 0.3 is 0 Å². The Labute approximate surface area is 178 Å². The van der Waals surface area contributed by atoms with Gasteiger partial charge in [-0.3, -0.25) is 4.79 Å². The summed E-state index contributed by atoms with van der Waals surface area (Å²) >= 11 is 0. The Hall–Kier alpha value is -1.85. The Morgan fingerprint density at radius 2 is 2.03 bits per heavy atom. The first-order chi connectivity index (χ1) is 14.3. The van der Waals surface area contributed by atoms with E-state index in [2.05, 4.69) is 19.9 Å². The van der Waals surface area contributed by atoms with Gasteiger partial charge in [0, 0.05) is 23.9 Å². The van der Waals surface area contributed by atoms with Crippen molar-refractivity contribution < 1.29 is 19.4 Å². The van der Waals surface area contributed by atoms with Gasteiger partial charge in [-0.1, -0.05) is 19.9 Å². The van der Waals surface area contributed by atoms with Crippen LogP contribution in [-0.4, -0.2) is 40.2 Å². The first-order valence-corrected chi connectivity index (χ1v) is 11.3. The van der Waals surface area contributed by atoms with Crippen LogP contribution in [0.4, 0.5) is 0 Å². The van der Waals surface area contributed by atoms with Gasteiger partial charge in [-0.25, -0.2) is 0 Å². The second-order valence-electron chi connectivity index (χ2n) is 10.5. The molecule has 0 bridgehead atoms. The molecule has 1 aromatic rings. The summed E-state index contributed by atoms with van der Waals surface area (Å²) in [6.45, 7) is 4.50. The molecule has 0 spiro atoms. The molecule has 1 amide bonds. The summed E-state index contributed by atoms with van der Waals surface area (Å²) in [6, 6.07) is 3.93. The van der Waals surface area contributed by atoms with Crippen LogP contribution in [0.5, 0.6) is 0 Å². The number of carbonyl (C=O) groups excluding carboxylic acids is 1. The number of fused-ring (bicyclic) bond motifs is 5. The molecule has 5 rings (SSSR count). The van der Waals surface area contributed by atoms with E-state index in [1.165, 1.54) is 0 Å². The molecular formula is C25H33NO4. The normalized spacial score (nSPS) is 44.2. The maximum absolute atomic E-state index is 12.2. The van der Waals surface area contributed by atoms with E-state index < -0.39 is 6.10 Å². The fourth-order valence-electron chi connectivity index (χ4n) is 7.48. The average molecular weight is 412 g/mol. The minimum absolute atomic E-state index is 0.0152. The fourth-order valence-corrected chi connectivity index (χ4v) is 7.48. The third kappa shape index (κ3) is 2.71. The summed E-state index contributed by atoms with van der Waals surface area (Å²) in [5.74, 6) is 2.92. The van der Waals surface area contributed by atoms with Gasteiger partial charge in [-0.15, -0.1) is 0 Å². The van der Waals surface area contributed by atoms with Crippen molar-refractivity contribution in [1.82, 2.24) is 4.90 Å². The lowest BCUT2D eigenvalue weighted by molar-refractivity contribution is -0.140. The molecule has 30 heavy (non-hydrogen) atoms. The van der Waals surface area contributed by atoms with Gasteiger partial charge in [0.1, 0.15) is 18.1 Å². The van der Waals surface area contributed by atoms with E-state index in [1.54, 1.807) is 12.1 Å². The van der Waals surface area contributed by atoms with E-state index in [0.29, 0.717) is 29.3 Å². The Morgan fingerprint density at radius 3 is 2.77 bits per heavy atom. The van der Waals surface area contributed by atoms with E-state index in [9.17, 15) is 15.0 Å². The highest BCUT2D eigenvalue weighted by molar-refractivity contribution is 5.89. The van der Waals surface area contributed by atoms with Crippen molar-refractivity contribution >= 4 is 12.0 Å². The van der Waals surface area contributed by atoms with Gasteiger partial charge < -0.3 is 19.5 Å². The first kappa shape index (κ1) is 20.1. The lowest BCUT2D eigenvalue weighted by Gasteiger charge is -2.59. The van der Waals surface area contributed by atoms with E-state index in [0.717, 1.165) is 37.7 Å². The second-order valence-corrected chi connectivity index (χ2v) is 10.5. The summed E-state index contributed by atoms with van der Waals surface area (Å²) in [6.07, 6.45) is 10.6. The van der Waals surface area contributed by atoms with E-state index in [4.69, 9.17) is 4.42 Å². The molecule has 5 nitrogen and oxygen atoms in total. The van der Waals surface area contributed by atoms with Crippen LogP contribution in [0.2, 0.25) is 0 Å². The number of rotatable bonds is 2. The molecule has 0 aromatic carbocycles. The largest absolute Gasteiger partial charge is 0.459 e. The van der Waals surface area contributed by atoms with Gasteiger partial charge in [-0.2, -0.15) is 0 Å². The molecule has 2 N–H and O–H groups in total. The molecule has 3 aliphatic carbocycles. The molecule has 162 valence electrons. The number of aliphatic hydroxyl groups excluding tert-OH is 2. The third-order valence-corrected chi connectivity index (χ3v) is 9.16. The Kier molecular flexibility index (Phi) is 4.57. The van der Waals surface area contributed by atoms with Gasteiger partial charge in [0.05, 0.1) is 6.10 Å². The van der Waals surface area contributed by atoms with Gasteiger partial charge in [0.15, 0.2) is 0 Å². The molecule has 4 aliphatic rings. The number of hydrogen-bond acceptors (Lipinski definition) is 4. The summed E-state index contributed by atoms with van der Waals surface area (Å²) in [7, 11) is 1.95. The zero-order chi connectivity index (χ0) is 21.3. The number of furan rings is 1. The first-order valence-electron chi connectivity index (χ1n) is 11.3. The number of hydrogen-bond donors (Lipinski definition) is 2. The van der Waals surface area contributed by atoms with Gasteiger partial charge in [-0.05, 0) is 79.7 Å². The Bertz CT molecular complexity index is 916. The Morgan fingerprint density at radius 1 is 1.23 bits per heavy atom. The molecule has 1 aliphatic heterocycles. The van der Waals surface area contributed by atoms with Crippen molar-refractivity contribution in [3.63, 3.8) is 0 Å². The van der Waals surface area contributed by atoms with Crippen molar-refractivity contribution in [3.05, 3.63) is 41.4 Å². The van der Waals surface area contributed by atoms with Crippen LogP contribution in [0.1, 0.15) is 57.5 Å². The van der Waals surface area contributed by atoms with E-state index >= 15 is 0 Å². The maximum atomic E-state index is 12.2. The second kappa shape index (κ2) is 6.83. The van der Waals surface area contributed by atoms with Crippen LogP contribution in [-0.2, 0) is 11.4 Å². The highest BCUT2D eigenvalue weighted by Gasteiger charge is 2.61. The summed E-state index contributed by atoms with van der Waals surface area (Å²) < 4.78 is 5.66. The number of carbonyl (C=O) groups is 1. The summed E-state index contributed by atoms with van der Waals surface area (Å²) in [4.78, 5) is 14.2. The van der Waals surface area contributed by atoms with Gasteiger partial charge in [0.2, 0.25) is 5.91 Å². The average Bonchev–Trinajstić information content (AvgIpc) is 3.28. The van der Waals surface area contributed by atoms with Crippen molar-refractivity contribution in [2.24, 2.45) is 28.6 Å². The molecule has 0 radical (unpaired) electrons. The van der Waals surface area contributed by atoms with Crippen LogP contribution in [0.15, 0.2) is 34.3 Å². The zero-order valence-electron chi connectivity index (χ0n) is 18.2. The van der Waals surface area contributed by atoms with Gasteiger partial charge in [0.25, 0.3) is 0 Å². The van der Waals surface area contributed by atoms with Crippen molar-refractivity contribution in [3.8, 4) is 0 Å². The highest BCUT2D eigenvalue weighted by Crippen LogP contribution is 2.65. The maximum Gasteiger partial charge on any atom is 0.246 e. The monoisotopic (exact) mass is 411 g/mol. The molecule has 2 heterocycles. The van der Waals surface area contributed by atoms with Crippen LogP contribution >= 0.6 is 0 Å². The van der Waals surface area contributed by atoms with Crippen molar-refractivity contribution in [2.45, 2.75) is 64.7 Å². The fraction of sp³-hybridized carbons (Fsp3) is 0.640. The molecule has 0 saturated heterocycles. The number of likely N-dealkylation sites (N-methyl/N-ethyl adjacent to an activating group) is 1. The molecule has 1 aromatic heterocycles. The number of amides is 1. The van der Waals surface area contributed by atoms with Crippen LogP contribution in [0.3, 0.4) is 0 Å².